The summed E-state index contributed by atoms with van der Waals surface area (Å²) in [4.78, 5) is 23.9. The molecule has 0 spiro atoms. The number of halogens is 1. The molecule has 25 heavy (non-hydrogen) atoms. The van der Waals surface area contributed by atoms with Gasteiger partial charge >= 0.3 is 11.6 Å². The van der Waals surface area contributed by atoms with Gasteiger partial charge in [0.2, 0.25) is 0 Å². The quantitative estimate of drug-likeness (QED) is 0.515. The Morgan fingerprint density at radius 1 is 1.12 bits per heavy atom. The van der Waals surface area contributed by atoms with Gasteiger partial charge in [0, 0.05) is 22.0 Å². The number of esters is 1. The Labute approximate surface area is 150 Å². The molecule has 0 N–H and O–H groups in total. The van der Waals surface area contributed by atoms with E-state index in [2.05, 4.69) is 0 Å². The molecule has 1 heterocycles. The van der Waals surface area contributed by atoms with E-state index in [0.29, 0.717) is 21.7 Å². The van der Waals surface area contributed by atoms with E-state index in [1.807, 2.05) is 32.0 Å². The molecular formula is C20H17ClO4. The normalized spacial score (nSPS) is 10.8. The van der Waals surface area contributed by atoms with Gasteiger partial charge in [0.25, 0.3) is 0 Å². The number of carbonyl (C=O) groups excluding carboxylic acids is 1. The zero-order valence-electron chi connectivity index (χ0n) is 14.0. The summed E-state index contributed by atoms with van der Waals surface area (Å²) in [7, 11) is 0. The van der Waals surface area contributed by atoms with Crippen molar-refractivity contribution in [1.29, 1.82) is 0 Å². The first-order chi connectivity index (χ1) is 12.0. The summed E-state index contributed by atoms with van der Waals surface area (Å²) in [6.45, 7) is 3.85. The molecule has 0 aliphatic carbocycles. The third kappa shape index (κ3) is 3.74. The van der Waals surface area contributed by atoms with Crippen molar-refractivity contribution in [2.24, 2.45) is 0 Å². The Balaban J connectivity index is 1.82. The molecule has 2 aromatic carbocycles. The van der Waals surface area contributed by atoms with Gasteiger partial charge in [-0.3, -0.25) is 4.79 Å². The molecule has 1 aromatic heterocycles. The summed E-state index contributed by atoms with van der Waals surface area (Å²) in [5, 5.41) is 1.30. The molecule has 128 valence electrons. The van der Waals surface area contributed by atoms with Gasteiger partial charge in [0.05, 0.1) is 6.42 Å². The standard InChI is InChI=1S/C20H17ClO4/c1-12-7-8-16-15(10-19(23)25-20(16)13(12)2)11-24-18(22)9-14-5-3-4-6-17(14)21/h3-8,10H,9,11H2,1-2H3. The lowest BCUT2D eigenvalue weighted by Gasteiger charge is -2.10. The molecule has 0 aliphatic rings. The third-order valence-electron chi connectivity index (χ3n) is 4.20. The highest BCUT2D eigenvalue weighted by atomic mass is 35.5. The van der Waals surface area contributed by atoms with Gasteiger partial charge in [-0.05, 0) is 36.6 Å². The van der Waals surface area contributed by atoms with E-state index >= 15 is 0 Å². The predicted molar refractivity (Wildman–Crippen MR) is 96.9 cm³/mol. The van der Waals surface area contributed by atoms with Crippen molar-refractivity contribution < 1.29 is 13.9 Å². The smallest absolute Gasteiger partial charge is 0.336 e. The fourth-order valence-corrected chi connectivity index (χ4v) is 2.85. The maximum absolute atomic E-state index is 12.1. The topological polar surface area (TPSA) is 56.5 Å². The highest BCUT2D eigenvalue weighted by molar-refractivity contribution is 6.31. The summed E-state index contributed by atoms with van der Waals surface area (Å²) in [6.07, 6.45) is 0.0805. The molecule has 5 heteroatoms. The van der Waals surface area contributed by atoms with Crippen LogP contribution < -0.4 is 5.63 Å². The van der Waals surface area contributed by atoms with Gasteiger partial charge in [0.15, 0.2) is 0 Å². The fraction of sp³-hybridized carbons (Fsp3) is 0.200. The number of fused-ring (bicyclic) bond motifs is 1. The summed E-state index contributed by atoms with van der Waals surface area (Å²) < 4.78 is 10.7. The monoisotopic (exact) mass is 356 g/mol. The third-order valence-corrected chi connectivity index (χ3v) is 4.57. The number of benzene rings is 2. The van der Waals surface area contributed by atoms with Crippen LogP contribution >= 0.6 is 11.6 Å². The second-order valence-electron chi connectivity index (χ2n) is 5.90. The van der Waals surface area contributed by atoms with E-state index in [4.69, 9.17) is 20.8 Å². The molecule has 0 saturated heterocycles. The zero-order chi connectivity index (χ0) is 18.0. The molecule has 3 rings (SSSR count). The van der Waals surface area contributed by atoms with Crippen molar-refractivity contribution in [2.45, 2.75) is 26.9 Å². The molecule has 0 bridgehead atoms. The van der Waals surface area contributed by atoms with Gasteiger partial charge in [-0.15, -0.1) is 0 Å². The SMILES string of the molecule is Cc1ccc2c(COC(=O)Cc3ccccc3Cl)cc(=O)oc2c1C. The Morgan fingerprint density at radius 2 is 1.88 bits per heavy atom. The van der Waals surface area contributed by atoms with Crippen LogP contribution in [0.2, 0.25) is 5.02 Å². The van der Waals surface area contributed by atoms with Crippen LogP contribution in [-0.2, 0) is 22.6 Å². The maximum Gasteiger partial charge on any atom is 0.336 e. The van der Waals surface area contributed by atoms with Crippen molar-refractivity contribution >= 4 is 28.5 Å². The molecule has 0 saturated carbocycles. The largest absolute Gasteiger partial charge is 0.461 e. The summed E-state index contributed by atoms with van der Waals surface area (Å²) in [6, 6.07) is 12.3. The zero-order valence-corrected chi connectivity index (χ0v) is 14.7. The number of aryl methyl sites for hydroxylation is 2. The first-order valence-electron chi connectivity index (χ1n) is 7.87. The first-order valence-corrected chi connectivity index (χ1v) is 8.25. The predicted octanol–water partition coefficient (Wildman–Crippen LogP) is 4.35. The van der Waals surface area contributed by atoms with E-state index in [9.17, 15) is 9.59 Å². The highest BCUT2D eigenvalue weighted by Crippen LogP contribution is 2.24. The molecule has 4 nitrogen and oxygen atoms in total. The van der Waals surface area contributed by atoms with Crippen molar-refractivity contribution in [3.05, 3.63) is 80.2 Å². The Morgan fingerprint density at radius 3 is 2.64 bits per heavy atom. The second kappa shape index (κ2) is 7.11. The lowest BCUT2D eigenvalue weighted by molar-refractivity contribution is -0.144. The molecule has 0 aliphatic heterocycles. The van der Waals surface area contributed by atoms with Gasteiger partial charge in [-0.2, -0.15) is 0 Å². The summed E-state index contributed by atoms with van der Waals surface area (Å²) in [5.74, 6) is -0.404. The first kappa shape index (κ1) is 17.2. The Hall–Kier alpha value is -2.59. The minimum atomic E-state index is -0.460. The van der Waals surface area contributed by atoms with Crippen LogP contribution in [0, 0.1) is 13.8 Å². The minimum absolute atomic E-state index is 0.00782. The van der Waals surface area contributed by atoms with Gasteiger partial charge in [-0.1, -0.05) is 41.9 Å². The molecular weight excluding hydrogens is 340 g/mol. The molecule has 0 unspecified atom stereocenters. The average Bonchev–Trinajstić information content (AvgIpc) is 2.58. The molecule has 0 radical (unpaired) electrons. The van der Waals surface area contributed by atoms with E-state index in [1.54, 1.807) is 18.2 Å². The fourth-order valence-electron chi connectivity index (χ4n) is 2.65. The summed E-state index contributed by atoms with van der Waals surface area (Å²) in [5.41, 5.74) is 3.34. The second-order valence-corrected chi connectivity index (χ2v) is 6.31. The van der Waals surface area contributed by atoms with Gasteiger partial charge in [0.1, 0.15) is 12.2 Å². The molecule has 0 fully saturated rings. The van der Waals surface area contributed by atoms with E-state index < -0.39 is 11.6 Å². The van der Waals surface area contributed by atoms with Gasteiger partial charge < -0.3 is 9.15 Å². The molecule has 3 aromatic rings. The minimum Gasteiger partial charge on any atom is -0.461 e. The van der Waals surface area contributed by atoms with E-state index in [0.717, 1.165) is 16.5 Å². The number of hydrogen-bond acceptors (Lipinski definition) is 4. The lowest BCUT2D eigenvalue weighted by atomic mass is 10.0. The van der Waals surface area contributed by atoms with Gasteiger partial charge in [-0.25, -0.2) is 4.79 Å². The van der Waals surface area contributed by atoms with Crippen molar-refractivity contribution in [3.8, 4) is 0 Å². The van der Waals surface area contributed by atoms with Crippen molar-refractivity contribution in [3.63, 3.8) is 0 Å². The molecule has 0 atom stereocenters. The van der Waals surface area contributed by atoms with E-state index in [-0.39, 0.29) is 13.0 Å². The number of carbonyl (C=O) groups is 1. The summed E-state index contributed by atoms with van der Waals surface area (Å²) >= 11 is 6.06. The number of rotatable bonds is 4. The van der Waals surface area contributed by atoms with Crippen LogP contribution in [0.4, 0.5) is 0 Å². The number of hydrogen-bond donors (Lipinski definition) is 0. The van der Waals surface area contributed by atoms with Crippen LogP contribution in [0.1, 0.15) is 22.3 Å². The lowest BCUT2D eigenvalue weighted by Crippen LogP contribution is -2.10. The number of ether oxygens (including phenoxy) is 1. The Bertz CT molecular complexity index is 1000. The Kier molecular flexibility index (Phi) is 4.91. The van der Waals surface area contributed by atoms with Crippen LogP contribution in [0.15, 0.2) is 51.7 Å². The highest BCUT2D eigenvalue weighted by Gasteiger charge is 2.12. The van der Waals surface area contributed by atoms with Crippen LogP contribution in [0.3, 0.4) is 0 Å². The van der Waals surface area contributed by atoms with Crippen LogP contribution in [0.5, 0.6) is 0 Å². The molecule has 0 amide bonds. The van der Waals surface area contributed by atoms with Crippen LogP contribution in [0.25, 0.3) is 11.0 Å². The van der Waals surface area contributed by atoms with Crippen LogP contribution in [-0.4, -0.2) is 5.97 Å². The van der Waals surface area contributed by atoms with E-state index in [1.165, 1.54) is 6.07 Å². The average molecular weight is 357 g/mol. The maximum atomic E-state index is 12.1. The van der Waals surface area contributed by atoms with Crippen molar-refractivity contribution in [1.82, 2.24) is 0 Å². The van der Waals surface area contributed by atoms with Crippen molar-refractivity contribution in [2.75, 3.05) is 0 Å².